The average molecular weight is 271 g/mol. The van der Waals surface area contributed by atoms with Gasteiger partial charge in [-0.3, -0.25) is 0 Å². The molecule has 2 rings (SSSR count). The summed E-state index contributed by atoms with van der Waals surface area (Å²) in [7, 11) is 0. The molecule has 5 heteroatoms. The highest BCUT2D eigenvalue weighted by Crippen LogP contribution is 2.25. The topological polar surface area (TPSA) is 66.3 Å². The van der Waals surface area contributed by atoms with E-state index < -0.39 is 5.97 Å². The third-order valence-electron chi connectivity index (χ3n) is 3.08. The molecule has 0 saturated carbocycles. The van der Waals surface area contributed by atoms with Crippen LogP contribution in [-0.2, 0) is 0 Å². The predicted octanol–water partition coefficient (Wildman–Crippen LogP) is 2.73. The summed E-state index contributed by atoms with van der Waals surface area (Å²) in [5.74, 6) is -0.166. The van der Waals surface area contributed by atoms with Gasteiger partial charge in [0.15, 0.2) is 0 Å². The summed E-state index contributed by atoms with van der Waals surface area (Å²) < 4.78 is 0. The largest absolute Gasteiger partial charge is 0.478 e. The highest BCUT2D eigenvalue weighted by Gasteiger charge is 2.15. The Labute approximate surface area is 117 Å². The molecule has 104 valence electrons. The zero-order valence-electron chi connectivity index (χ0n) is 11.6. The molecule has 0 bridgehead atoms. The van der Waals surface area contributed by atoms with E-state index in [1.165, 1.54) is 6.33 Å². The van der Waals surface area contributed by atoms with Crippen molar-refractivity contribution in [2.75, 3.05) is 11.4 Å². The number of carboxylic acid groups (broad SMARTS) is 1. The van der Waals surface area contributed by atoms with Gasteiger partial charge in [-0.15, -0.1) is 6.58 Å². The van der Waals surface area contributed by atoms with E-state index >= 15 is 0 Å². The van der Waals surface area contributed by atoms with Gasteiger partial charge in [0, 0.05) is 18.0 Å². The molecule has 0 fully saturated rings. The molecule has 0 atom stereocenters. The van der Waals surface area contributed by atoms with Crippen molar-refractivity contribution >= 4 is 22.7 Å². The number of fused-ring (bicyclic) bond motifs is 1. The fraction of sp³-hybridized carbons (Fsp3) is 0.267. The van der Waals surface area contributed by atoms with E-state index in [1.807, 2.05) is 6.08 Å². The van der Waals surface area contributed by atoms with Crippen molar-refractivity contribution in [1.29, 1.82) is 0 Å². The first-order valence-electron chi connectivity index (χ1n) is 6.40. The van der Waals surface area contributed by atoms with Gasteiger partial charge in [0.1, 0.15) is 12.1 Å². The Hall–Kier alpha value is -2.43. The SMILES string of the molecule is C=CCN(c1ncnc2cc(C(=O)O)ccc12)C(C)C. The van der Waals surface area contributed by atoms with Crippen LogP contribution in [0.1, 0.15) is 24.2 Å². The number of hydrogen-bond donors (Lipinski definition) is 1. The molecule has 1 aromatic heterocycles. The molecule has 0 aliphatic heterocycles. The predicted molar refractivity (Wildman–Crippen MR) is 79.2 cm³/mol. The molecule has 20 heavy (non-hydrogen) atoms. The maximum atomic E-state index is 11.0. The zero-order chi connectivity index (χ0) is 14.7. The number of hydrogen-bond acceptors (Lipinski definition) is 4. The van der Waals surface area contributed by atoms with Gasteiger partial charge < -0.3 is 10.0 Å². The third kappa shape index (κ3) is 2.61. The number of aromatic nitrogens is 2. The molecule has 0 aliphatic rings. The monoisotopic (exact) mass is 271 g/mol. The van der Waals surface area contributed by atoms with Gasteiger partial charge >= 0.3 is 5.97 Å². The van der Waals surface area contributed by atoms with Gasteiger partial charge in [0.2, 0.25) is 0 Å². The van der Waals surface area contributed by atoms with E-state index in [1.54, 1.807) is 18.2 Å². The minimum atomic E-state index is -0.959. The molecule has 0 saturated heterocycles. The molecule has 1 N–H and O–H groups in total. The summed E-state index contributed by atoms with van der Waals surface area (Å²) >= 11 is 0. The number of benzene rings is 1. The van der Waals surface area contributed by atoms with Gasteiger partial charge in [-0.25, -0.2) is 14.8 Å². The van der Waals surface area contributed by atoms with Gasteiger partial charge in [0.25, 0.3) is 0 Å². The number of rotatable bonds is 5. The molecule has 1 aromatic carbocycles. The van der Waals surface area contributed by atoms with Crippen molar-refractivity contribution in [2.45, 2.75) is 19.9 Å². The Morgan fingerprint density at radius 2 is 2.20 bits per heavy atom. The van der Waals surface area contributed by atoms with Crippen LogP contribution in [0.25, 0.3) is 10.9 Å². The smallest absolute Gasteiger partial charge is 0.335 e. The molecule has 2 aromatic rings. The molecule has 0 spiro atoms. The Kier molecular flexibility index (Phi) is 3.98. The van der Waals surface area contributed by atoms with E-state index in [-0.39, 0.29) is 11.6 Å². The van der Waals surface area contributed by atoms with Crippen molar-refractivity contribution in [1.82, 2.24) is 9.97 Å². The fourth-order valence-corrected chi connectivity index (χ4v) is 2.09. The van der Waals surface area contributed by atoms with Crippen LogP contribution in [0.2, 0.25) is 0 Å². The van der Waals surface area contributed by atoms with Gasteiger partial charge in [-0.1, -0.05) is 6.08 Å². The molecular weight excluding hydrogens is 254 g/mol. The van der Waals surface area contributed by atoms with Crippen molar-refractivity contribution in [3.05, 3.63) is 42.7 Å². The van der Waals surface area contributed by atoms with E-state index in [9.17, 15) is 4.79 Å². The second kappa shape index (κ2) is 5.69. The molecule has 5 nitrogen and oxygen atoms in total. The maximum Gasteiger partial charge on any atom is 0.335 e. The number of carbonyl (C=O) groups is 1. The van der Waals surface area contributed by atoms with E-state index in [2.05, 4.69) is 35.3 Å². The normalized spacial score (nSPS) is 10.8. The Bertz CT molecular complexity index is 653. The number of nitrogens with zero attached hydrogens (tertiary/aromatic N) is 3. The second-order valence-electron chi connectivity index (χ2n) is 4.77. The van der Waals surface area contributed by atoms with Gasteiger partial charge in [-0.05, 0) is 32.0 Å². The van der Waals surface area contributed by atoms with Crippen molar-refractivity contribution in [3.8, 4) is 0 Å². The minimum Gasteiger partial charge on any atom is -0.478 e. The summed E-state index contributed by atoms with van der Waals surface area (Å²) in [6.07, 6.45) is 3.28. The van der Waals surface area contributed by atoms with Crippen molar-refractivity contribution < 1.29 is 9.90 Å². The minimum absolute atomic E-state index is 0.224. The lowest BCUT2D eigenvalue weighted by atomic mass is 10.1. The van der Waals surface area contributed by atoms with Crippen LogP contribution in [0.4, 0.5) is 5.82 Å². The average Bonchev–Trinajstić information content (AvgIpc) is 2.43. The highest BCUT2D eigenvalue weighted by atomic mass is 16.4. The van der Waals surface area contributed by atoms with Crippen LogP contribution < -0.4 is 4.90 Å². The number of aromatic carboxylic acids is 1. The molecule has 0 radical (unpaired) electrons. The summed E-state index contributed by atoms with van der Waals surface area (Å²) in [4.78, 5) is 21.6. The first-order valence-corrected chi connectivity index (χ1v) is 6.40. The van der Waals surface area contributed by atoms with E-state index in [0.29, 0.717) is 12.1 Å². The summed E-state index contributed by atoms with van der Waals surface area (Å²) in [6, 6.07) is 5.15. The molecule has 0 aliphatic carbocycles. The number of carboxylic acids is 1. The lowest BCUT2D eigenvalue weighted by Crippen LogP contribution is -2.31. The van der Waals surface area contributed by atoms with Crippen LogP contribution in [0, 0.1) is 0 Å². The first-order chi connectivity index (χ1) is 9.54. The summed E-state index contributed by atoms with van der Waals surface area (Å²) in [6.45, 7) is 8.58. The number of anilines is 1. The Morgan fingerprint density at radius 1 is 1.45 bits per heavy atom. The fourth-order valence-electron chi connectivity index (χ4n) is 2.09. The lowest BCUT2D eigenvalue weighted by Gasteiger charge is -2.27. The summed E-state index contributed by atoms with van der Waals surface area (Å²) in [5, 5.41) is 9.87. The van der Waals surface area contributed by atoms with Crippen molar-refractivity contribution in [3.63, 3.8) is 0 Å². The van der Waals surface area contributed by atoms with Crippen LogP contribution >= 0.6 is 0 Å². The Balaban J connectivity index is 2.59. The van der Waals surface area contributed by atoms with Crippen LogP contribution in [0.5, 0.6) is 0 Å². The zero-order valence-corrected chi connectivity index (χ0v) is 11.6. The third-order valence-corrected chi connectivity index (χ3v) is 3.08. The van der Waals surface area contributed by atoms with E-state index in [4.69, 9.17) is 5.11 Å². The second-order valence-corrected chi connectivity index (χ2v) is 4.77. The maximum absolute atomic E-state index is 11.0. The first kappa shape index (κ1) is 14.0. The van der Waals surface area contributed by atoms with Crippen LogP contribution in [0.3, 0.4) is 0 Å². The Morgan fingerprint density at radius 3 is 2.80 bits per heavy atom. The standard InChI is InChI=1S/C15H17N3O2/c1-4-7-18(10(2)3)14-12-6-5-11(15(19)20)8-13(12)16-9-17-14/h4-6,8-10H,1,7H2,2-3H3,(H,19,20). The molecule has 0 amide bonds. The van der Waals surface area contributed by atoms with Gasteiger partial charge in [-0.2, -0.15) is 0 Å². The molecule has 1 heterocycles. The quantitative estimate of drug-likeness (QED) is 0.847. The summed E-state index contributed by atoms with van der Waals surface area (Å²) in [5.41, 5.74) is 0.853. The van der Waals surface area contributed by atoms with E-state index in [0.717, 1.165) is 11.2 Å². The highest BCUT2D eigenvalue weighted by molar-refractivity contribution is 5.96. The van der Waals surface area contributed by atoms with Gasteiger partial charge in [0.05, 0.1) is 11.1 Å². The van der Waals surface area contributed by atoms with Crippen LogP contribution in [0.15, 0.2) is 37.2 Å². The van der Waals surface area contributed by atoms with Crippen molar-refractivity contribution in [2.24, 2.45) is 0 Å². The lowest BCUT2D eigenvalue weighted by molar-refractivity contribution is 0.0697. The van der Waals surface area contributed by atoms with Crippen LogP contribution in [-0.4, -0.2) is 33.6 Å². The molecular formula is C15H17N3O2. The molecule has 0 unspecified atom stereocenters.